The largest absolute Gasteiger partial charge is 0.360 e. The molecule has 0 aliphatic heterocycles. The van der Waals surface area contributed by atoms with E-state index in [4.69, 9.17) is 0 Å². The summed E-state index contributed by atoms with van der Waals surface area (Å²) in [7, 11) is -3.87. The second-order valence-corrected chi connectivity index (χ2v) is 8.20. The highest BCUT2D eigenvalue weighted by Gasteiger charge is 2.15. The predicted octanol–water partition coefficient (Wildman–Crippen LogP) is 3.10. The first-order valence-corrected chi connectivity index (χ1v) is 10.1. The van der Waals surface area contributed by atoms with E-state index in [1.807, 2.05) is 29.0 Å². The number of para-hydroxylation sites is 1. The first-order valence-electron chi connectivity index (χ1n) is 7.75. The van der Waals surface area contributed by atoms with Crippen LogP contribution in [0.15, 0.2) is 59.6 Å². The number of carbonyl (C=O) groups is 1. The standard InChI is InChI=1S/C18H14N4O3S2/c1-12(23)22-27(24,25)15-8-6-14(7-9-15)20-11-13(10-19)18-21-16-4-2-3-5-17(16)26-18/h2-9,11,20H,1H3,(H,22,23)/b13-11-. The summed E-state index contributed by atoms with van der Waals surface area (Å²) in [6.45, 7) is 1.13. The molecular formula is C18H14N4O3S2. The van der Waals surface area contributed by atoms with Gasteiger partial charge in [-0.3, -0.25) is 4.79 Å². The fourth-order valence-electron chi connectivity index (χ4n) is 2.26. The molecule has 0 saturated carbocycles. The van der Waals surface area contributed by atoms with E-state index in [0.717, 1.165) is 17.1 Å². The van der Waals surface area contributed by atoms with Gasteiger partial charge < -0.3 is 5.32 Å². The van der Waals surface area contributed by atoms with E-state index in [9.17, 15) is 18.5 Å². The van der Waals surface area contributed by atoms with Gasteiger partial charge in [0.25, 0.3) is 10.0 Å². The molecule has 0 aliphatic carbocycles. The summed E-state index contributed by atoms with van der Waals surface area (Å²) in [6, 6.07) is 15.5. The molecule has 0 saturated heterocycles. The Kier molecular flexibility index (Phi) is 5.21. The number of nitrogens with one attached hydrogen (secondary N) is 2. The van der Waals surface area contributed by atoms with E-state index in [1.54, 1.807) is 12.1 Å². The van der Waals surface area contributed by atoms with Crippen LogP contribution in [0.3, 0.4) is 0 Å². The Morgan fingerprint density at radius 1 is 1.19 bits per heavy atom. The number of rotatable bonds is 5. The van der Waals surface area contributed by atoms with Gasteiger partial charge in [-0.05, 0) is 36.4 Å². The predicted molar refractivity (Wildman–Crippen MR) is 104 cm³/mol. The molecule has 1 amide bonds. The molecule has 3 aromatic rings. The highest BCUT2D eigenvalue weighted by Crippen LogP contribution is 2.26. The van der Waals surface area contributed by atoms with E-state index < -0.39 is 15.9 Å². The van der Waals surface area contributed by atoms with Crippen LogP contribution in [0, 0.1) is 11.3 Å². The van der Waals surface area contributed by atoms with Crippen molar-refractivity contribution < 1.29 is 13.2 Å². The quantitative estimate of drug-likeness (QED) is 0.639. The van der Waals surface area contributed by atoms with Gasteiger partial charge in [0.05, 0.1) is 15.1 Å². The van der Waals surface area contributed by atoms with Crippen molar-refractivity contribution in [2.75, 3.05) is 5.32 Å². The third-order valence-electron chi connectivity index (χ3n) is 3.47. The number of amides is 1. The lowest BCUT2D eigenvalue weighted by molar-refractivity contribution is -0.117. The van der Waals surface area contributed by atoms with Crippen LogP contribution in [-0.2, 0) is 14.8 Å². The lowest BCUT2D eigenvalue weighted by Gasteiger charge is -2.06. The summed E-state index contributed by atoms with van der Waals surface area (Å²) >= 11 is 1.42. The van der Waals surface area contributed by atoms with Gasteiger partial charge in [0.15, 0.2) is 0 Å². The van der Waals surface area contributed by atoms with Gasteiger partial charge in [0.2, 0.25) is 5.91 Å². The number of benzene rings is 2. The normalized spacial score (nSPS) is 11.8. The number of thiazole rings is 1. The third-order valence-corrected chi connectivity index (χ3v) is 5.99. The molecule has 136 valence electrons. The fraction of sp³-hybridized carbons (Fsp3) is 0.0556. The number of nitriles is 1. The van der Waals surface area contributed by atoms with Crippen molar-refractivity contribution in [1.82, 2.24) is 9.71 Å². The second kappa shape index (κ2) is 7.57. The van der Waals surface area contributed by atoms with E-state index in [0.29, 0.717) is 16.3 Å². The summed E-state index contributed by atoms with van der Waals surface area (Å²) in [5, 5.41) is 13.0. The van der Waals surface area contributed by atoms with Gasteiger partial charge in [-0.2, -0.15) is 5.26 Å². The zero-order valence-electron chi connectivity index (χ0n) is 14.1. The average molecular weight is 398 g/mol. The number of anilines is 1. The minimum absolute atomic E-state index is 0.0288. The molecule has 1 aromatic heterocycles. The topological polar surface area (TPSA) is 112 Å². The van der Waals surface area contributed by atoms with Crippen LogP contribution >= 0.6 is 11.3 Å². The lowest BCUT2D eigenvalue weighted by Crippen LogP contribution is -2.28. The van der Waals surface area contributed by atoms with Crippen molar-refractivity contribution in [2.45, 2.75) is 11.8 Å². The Balaban J connectivity index is 1.80. The Morgan fingerprint density at radius 2 is 1.89 bits per heavy atom. The summed E-state index contributed by atoms with van der Waals surface area (Å²) in [5.74, 6) is -0.658. The van der Waals surface area contributed by atoms with E-state index in [-0.39, 0.29) is 4.90 Å². The molecule has 0 bridgehead atoms. The van der Waals surface area contributed by atoms with Crippen molar-refractivity contribution in [3.05, 3.63) is 59.7 Å². The van der Waals surface area contributed by atoms with Crippen molar-refractivity contribution in [1.29, 1.82) is 5.26 Å². The maximum Gasteiger partial charge on any atom is 0.264 e. The zero-order valence-corrected chi connectivity index (χ0v) is 15.8. The Labute approximate surface area is 160 Å². The number of aromatic nitrogens is 1. The molecule has 9 heteroatoms. The summed E-state index contributed by atoms with van der Waals surface area (Å²) < 4.78 is 26.7. The molecule has 0 unspecified atom stereocenters. The molecule has 2 aromatic carbocycles. The highest BCUT2D eigenvalue weighted by molar-refractivity contribution is 7.90. The SMILES string of the molecule is CC(=O)NS(=O)(=O)c1ccc(N/C=C(/C#N)c2nc3ccccc3s2)cc1. The smallest absolute Gasteiger partial charge is 0.264 e. The van der Waals surface area contributed by atoms with Gasteiger partial charge in [-0.25, -0.2) is 18.1 Å². The van der Waals surface area contributed by atoms with Crippen molar-refractivity contribution in [2.24, 2.45) is 0 Å². The molecule has 1 heterocycles. The van der Waals surface area contributed by atoms with Crippen LogP contribution < -0.4 is 10.0 Å². The minimum Gasteiger partial charge on any atom is -0.360 e. The minimum atomic E-state index is -3.87. The number of hydrogen-bond donors (Lipinski definition) is 2. The third kappa shape index (κ3) is 4.31. The van der Waals surface area contributed by atoms with E-state index in [2.05, 4.69) is 16.4 Å². The van der Waals surface area contributed by atoms with Crippen LogP contribution in [0.25, 0.3) is 15.8 Å². The molecule has 27 heavy (non-hydrogen) atoms. The number of allylic oxidation sites excluding steroid dienone is 1. The van der Waals surface area contributed by atoms with E-state index in [1.165, 1.54) is 29.7 Å². The number of carbonyl (C=O) groups excluding carboxylic acids is 1. The monoisotopic (exact) mass is 398 g/mol. The Morgan fingerprint density at radius 3 is 2.52 bits per heavy atom. The van der Waals surface area contributed by atoms with Crippen molar-refractivity contribution >= 4 is 48.7 Å². The van der Waals surface area contributed by atoms with Crippen LogP contribution in [0.2, 0.25) is 0 Å². The summed E-state index contributed by atoms with van der Waals surface area (Å²) in [6.07, 6.45) is 1.52. The molecule has 3 rings (SSSR count). The molecule has 0 spiro atoms. The molecule has 0 atom stereocenters. The summed E-state index contributed by atoms with van der Waals surface area (Å²) in [4.78, 5) is 15.4. The van der Waals surface area contributed by atoms with Crippen LogP contribution in [0.5, 0.6) is 0 Å². The number of nitrogens with zero attached hydrogens (tertiary/aromatic N) is 2. The van der Waals surface area contributed by atoms with Gasteiger partial charge in [-0.15, -0.1) is 11.3 Å². The molecule has 7 nitrogen and oxygen atoms in total. The van der Waals surface area contributed by atoms with Gasteiger partial charge in [0, 0.05) is 18.8 Å². The first kappa shape index (κ1) is 18.6. The number of sulfonamides is 1. The highest BCUT2D eigenvalue weighted by atomic mass is 32.2. The molecule has 0 aliphatic rings. The van der Waals surface area contributed by atoms with Crippen LogP contribution in [0.4, 0.5) is 5.69 Å². The lowest BCUT2D eigenvalue weighted by atomic mass is 10.3. The summed E-state index contributed by atoms with van der Waals surface area (Å²) in [5.41, 5.74) is 1.78. The van der Waals surface area contributed by atoms with E-state index >= 15 is 0 Å². The van der Waals surface area contributed by atoms with Crippen molar-refractivity contribution in [3.63, 3.8) is 0 Å². The maximum absolute atomic E-state index is 11.9. The maximum atomic E-state index is 11.9. The van der Waals surface area contributed by atoms with Gasteiger partial charge in [-0.1, -0.05) is 12.1 Å². The average Bonchev–Trinajstić information content (AvgIpc) is 3.05. The molecule has 2 N–H and O–H groups in total. The van der Waals surface area contributed by atoms with Crippen molar-refractivity contribution in [3.8, 4) is 6.07 Å². The number of hydrogen-bond acceptors (Lipinski definition) is 7. The van der Waals surface area contributed by atoms with Crippen LogP contribution in [-0.4, -0.2) is 19.3 Å². The van der Waals surface area contributed by atoms with Gasteiger partial charge in [0.1, 0.15) is 16.6 Å². The van der Waals surface area contributed by atoms with Gasteiger partial charge >= 0.3 is 0 Å². The fourth-order valence-corrected chi connectivity index (χ4v) is 4.19. The first-order chi connectivity index (χ1) is 12.9. The van der Waals surface area contributed by atoms with Crippen LogP contribution in [0.1, 0.15) is 11.9 Å². The zero-order chi connectivity index (χ0) is 19.4. The molecular weight excluding hydrogens is 384 g/mol. The Hall–Kier alpha value is -3.22. The molecule has 0 radical (unpaired) electrons. The Bertz CT molecular complexity index is 1140. The molecule has 0 fully saturated rings. The number of fused-ring (bicyclic) bond motifs is 1. The second-order valence-electron chi connectivity index (χ2n) is 5.49.